The molecule has 0 aromatic carbocycles. The van der Waals surface area contributed by atoms with Crippen molar-refractivity contribution in [1.29, 1.82) is 0 Å². The smallest absolute Gasteiger partial charge is 0.224 e. The predicted molar refractivity (Wildman–Crippen MR) is 144 cm³/mol. The van der Waals surface area contributed by atoms with Gasteiger partial charge in [0, 0.05) is 46.9 Å². The van der Waals surface area contributed by atoms with Gasteiger partial charge in [0.05, 0.1) is 23.3 Å². The molecule has 6 heterocycles. The molecule has 0 aliphatic rings. The number of hydrogen-bond donors (Lipinski definition) is 3. The standard InChI is InChI=1S/C27H23N7OS/c1-2-3-4-24(35)31-19-9-17(12-28-14-19)18-10-22-25(33-34-27(22)30-13-18)23-11-21-20(16-6-8-36-15-16)5-7-29-26(21)32-23/h5-15H,2-4H2,1H3,(H,29,32)(H,31,35)(H,30,33,34). The Balaban J connectivity index is 1.37. The number of amides is 1. The molecule has 0 unspecified atom stereocenters. The number of hydrogen-bond acceptors (Lipinski definition) is 6. The number of carbonyl (C=O) groups is 1. The van der Waals surface area contributed by atoms with E-state index in [9.17, 15) is 4.79 Å². The predicted octanol–water partition coefficient (Wildman–Crippen LogP) is 6.42. The van der Waals surface area contributed by atoms with Gasteiger partial charge >= 0.3 is 0 Å². The van der Waals surface area contributed by atoms with Gasteiger partial charge in [0.25, 0.3) is 0 Å². The lowest BCUT2D eigenvalue weighted by Crippen LogP contribution is -2.11. The summed E-state index contributed by atoms with van der Waals surface area (Å²) in [4.78, 5) is 29.0. The lowest BCUT2D eigenvalue weighted by Gasteiger charge is -2.07. The Labute approximate surface area is 210 Å². The molecule has 0 saturated heterocycles. The maximum Gasteiger partial charge on any atom is 0.224 e. The van der Waals surface area contributed by atoms with E-state index in [1.165, 1.54) is 5.56 Å². The van der Waals surface area contributed by atoms with Gasteiger partial charge in [-0.25, -0.2) is 9.97 Å². The lowest BCUT2D eigenvalue weighted by atomic mass is 10.1. The fraction of sp³-hybridized carbons (Fsp3) is 0.148. The number of rotatable bonds is 7. The molecule has 1 amide bonds. The summed E-state index contributed by atoms with van der Waals surface area (Å²) in [5.74, 6) is -0.00395. The fourth-order valence-corrected chi connectivity index (χ4v) is 4.98. The number of unbranched alkanes of at least 4 members (excludes halogenated alkanes) is 1. The maximum absolute atomic E-state index is 12.2. The van der Waals surface area contributed by atoms with Gasteiger partial charge in [-0.15, -0.1) is 0 Å². The Morgan fingerprint density at radius 2 is 1.94 bits per heavy atom. The number of aromatic amines is 2. The Kier molecular flexibility index (Phi) is 5.74. The first-order valence-electron chi connectivity index (χ1n) is 11.8. The summed E-state index contributed by atoms with van der Waals surface area (Å²) in [6.07, 6.45) is 9.36. The quantitative estimate of drug-likeness (QED) is 0.237. The number of nitrogens with zero attached hydrogens (tertiary/aromatic N) is 4. The zero-order chi connectivity index (χ0) is 24.5. The number of H-pyrrole nitrogens is 2. The van der Waals surface area contributed by atoms with Crippen molar-refractivity contribution < 1.29 is 4.79 Å². The van der Waals surface area contributed by atoms with E-state index in [0.29, 0.717) is 17.8 Å². The molecule has 6 aromatic heterocycles. The molecule has 6 aromatic rings. The summed E-state index contributed by atoms with van der Waals surface area (Å²) in [7, 11) is 0. The molecule has 0 atom stereocenters. The van der Waals surface area contributed by atoms with Crippen LogP contribution in [0.5, 0.6) is 0 Å². The van der Waals surface area contributed by atoms with E-state index in [0.717, 1.165) is 57.3 Å². The number of fused-ring (bicyclic) bond motifs is 2. The van der Waals surface area contributed by atoms with Gasteiger partial charge in [-0.05, 0) is 58.6 Å². The van der Waals surface area contributed by atoms with E-state index in [1.54, 1.807) is 29.9 Å². The Morgan fingerprint density at radius 3 is 2.81 bits per heavy atom. The van der Waals surface area contributed by atoms with Crippen LogP contribution in [0.4, 0.5) is 5.69 Å². The molecule has 6 rings (SSSR count). The number of anilines is 1. The van der Waals surface area contributed by atoms with Crippen LogP contribution in [-0.4, -0.2) is 36.0 Å². The van der Waals surface area contributed by atoms with Crippen molar-refractivity contribution in [1.82, 2.24) is 30.1 Å². The minimum Gasteiger partial charge on any atom is -0.338 e. The monoisotopic (exact) mass is 493 g/mol. The minimum absolute atomic E-state index is 0.00395. The lowest BCUT2D eigenvalue weighted by molar-refractivity contribution is -0.116. The molecule has 8 nitrogen and oxygen atoms in total. The zero-order valence-electron chi connectivity index (χ0n) is 19.6. The first-order chi connectivity index (χ1) is 17.7. The van der Waals surface area contributed by atoms with Crippen molar-refractivity contribution in [3.05, 3.63) is 65.9 Å². The van der Waals surface area contributed by atoms with Gasteiger partial charge in [0.15, 0.2) is 5.65 Å². The number of carbonyl (C=O) groups excluding carboxylic acids is 1. The van der Waals surface area contributed by atoms with E-state index in [4.69, 9.17) is 0 Å². The number of thiophene rings is 1. The third kappa shape index (κ3) is 4.14. The summed E-state index contributed by atoms with van der Waals surface area (Å²) in [5, 5.41) is 16.6. The summed E-state index contributed by atoms with van der Waals surface area (Å²) in [6, 6.07) is 10.2. The first kappa shape index (κ1) is 22.1. The van der Waals surface area contributed by atoms with Crippen molar-refractivity contribution in [2.75, 3.05) is 5.32 Å². The van der Waals surface area contributed by atoms with Crippen molar-refractivity contribution in [2.24, 2.45) is 0 Å². The summed E-state index contributed by atoms with van der Waals surface area (Å²) < 4.78 is 0. The van der Waals surface area contributed by atoms with Crippen molar-refractivity contribution in [3.63, 3.8) is 0 Å². The molecule has 0 spiro atoms. The second-order valence-corrected chi connectivity index (χ2v) is 9.40. The molecule has 178 valence electrons. The average molecular weight is 494 g/mol. The summed E-state index contributed by atoms with van der Waals surface area (Å²) in [5.41, 5.74) is 7.89. The number of nitrogens with one attached hydrogen (secondary N) is 3. The molecule has 0 radical (unpaired) electrons. The highest BCUT2D eigenvalue weighted by molar-refractivity contribution is 7.08. The van der Waals surface area contributed by atoms with Crippen LogP contribution in [0.25, 0.3) is 55.7 Å². The van der Waals surface area contributed by atoms with Gasteiger partial charge in [-0.1, -0.05) is 13.3 Å². The van der Waals surface area contributed by atoms with Crippen LogP contribution >= 0.6 is 11.3 Å². The molecule has 0 fully saturated rings. The Bertz CT molecular complexity index is 1680. The first-order valence-corrected chi connectivity index (χ1v) is 12.7. The molecule has 0 bridgehead atoms. The molecular formula is C27H23N7OS. The van der Waals surface area contributed by atoms with Crippen LogP contribution in [0.15, 0.2) is 65.9 Å². The SMILES string of the molecule is CCCCC(=O)Nc1cncc(-c2cnc3n[nH]c(-c4cc5c(-c6ccsc6)ccnc5[nH]4)c3c2)c1. The number of aromatic nitrogens is 6. The van der Waals surface area contributed by atoms with Crippen LogP contribution in [0.1, 0.15) is 26.2 Å². The minimum atomic E-state index is -0.00395. The highest BCUT2D eigenvalue weighted by Gasteiger charge is 2.15. The van der Waals surface area contributed by atoms with E-state index in [2.05, 4.69) is 65.3 Å². The molecule has 9 heteroatoms. The topological polar surface area (TPSA) is 112 Å². The Morgan fingerprint density at radius 1 is 1.03 bits per heavy atom. The van der Waals surface area contributed by atoms with Gasteiger partial charge in [0.1, 0.15) is 5.65 Å². The highest BCUT2D eigenvalue weighted by Crippen LogP contribution is 2.34. The van der Waals surface area contributed by atoms with Crippen molar-refractivity contribution in [2.45, 2.75) is 26.2 Å². The third-order valence-corrected chi connectivity index (χ3v) is 6.84. The van der Waals surface area contributed by atoms with Gasteiger partial charge in [0.2, 0.25) is 5.91 Å². The summed E-state index contributed by atoms with van der Waals surface area (Å²) in [6.45, 7) is 2.07. The van der Waals surface area contributed by atoms with E-state index in [1.807, 2.05) is 24.4 Å². The average Bonchev–Trinajstić information content (AvgIpc) is 3.66. The van der Waals surface area contributed by atoms with Crippen LogP contribution in [0.2, 0.25) is 0 Å². The van der Waals surface area contributed by atoms with Crippen molar-refractivity contribution in [3.8, 4) is 33.6 Å². The molecule has 3 N–H and O–H groups in total. The van der Waals surface area contributed by atoms with Crippen molar-refractivity contribution >= 4 is 45.0 Å². The normalized spacial score (nSPS) is 11.4. The second-order valence-electron chi connectivity index (χ2n) is 8.62. The van der Waals surface area contributed by atoms with Crippen LogP contribution in [0.3, 0.4) is 0 Å². The second kappa shape index (κ2) is 9.35. The summed E-state index contributed by atoms with van der Waals surface area (Å²) >= 11 is 1.67. The highest BCUT2D eigenvalue weighted by atomic mass is 32.1. The van der Waals surface area contributed by atoms with Gasteiger partial charge in [-0.2, -0.15) is 16.4 Å². The van der Waals surface area contributed by atoms with E-state index < -0.39 is 0 Å². The number of pyridine rings is 3. The zero-order valence-corrected chi connectivity index (χ0v) is 20.4. The molecule has 36 heavy (non-hydrogen) atoms. The maximum atomic E-state index is 12.2. The van der Waals surface area contributed by atoms with E-state index in [-0.39, 0.29) is 5.91 Å². The van der Waals surface area contributed by atoms with E-state index >= 15 is 0 Å². The third-order valence-electron chi connectivity index (χ3n) is 6.16. The Hall–Kier alpha value is -4.37. The largest absolute Gasteiger partial charge is 0.338 e. The van der Waals surface area contributed by atoms with Crippen LogP contribution in [-0.2, 0) is 4.79 Å². The molecule has 0 saturated carbocycles. The molecular weight excluding hydrogens is 470 g/mol. The molecule has 0 aliphatic carbocycles. The van der Waals surface area contributed by atoms with Crippen LogP contribution in [0, 0.1) is 0 Å². The fourth-order valence-electron chi connectivity index (χ4n) is 4.32. The van der Waals surface area contributed by atoms with Crippen LogP contribution < -0.4 is 5.32 Å². The van der Waals surface area contributed by atoms with Gasteiger partial charge in [-0.3, -0.25) is 14.9 Å². The molecule has 0 aliphatic heterocycles. The van der Waals surface area contributed by atoms with Gasteiger partial charge < -0.3 is 10.3 Å².